The topological polar surface area (TPSA) is 37.8 Å². The van der Waals surface area contributed by atoms with Crippen LogP contribution in [0.25, 0.3) is 0 Å². The van der Waals surface area contributed by atoms with Gasteiger partial charge < -0.3 is 5.32 Å². The molecule has 0 fully saturated rings. The van der Waals surface area contributed by atoms with Gasteiger partial charge in [0.2, 0.25) is 5.95 Å². The Kier molecular flexibility index (Phi) is 3.24. The van der Waals surface area contributed by atoms with E-state index in [2.05, 4.69) is 15.3 Å². The second-order valence-corrected chi connectivity index (χ2v) is 4.13. The Bertz CT molecular complexity index is 537. The number of rotatable bonds is 2. The lowest BCUT2D eigenvalue weighted by Gasteiger charge is -2.06. The number of halogens is 2. The van der Waals surface area contributed by atoms with Crippen molar-refractivity contribution in [3.63, 3.8) is 0 Å². The van der Waals surface area contributed by atoms with Gasteiger partial charge in [0.05, 0.1) is 0 Å². The minimum absolute atomic E-state index is 0.270. The lowest BCUT2D eigenvalue weighted by atomic mass is 10.2. The minimum atomic E-state index is -0.270. The Morgan fingerprint density at radius 1 is 1.18 bits per heavy atom. The highest BCUT2D eigenvalue weighted by molar-refractivity contribution is 6.29. The summed E-state index contributed by atoms with van der Waals surface area (Å²) in [6.45, 7) is 3.52. The molecule has 1 aromatic carbocycles. The molecule has 1 N–H and O–H groups in total. The fourth-order valence-electron chi connectivity index (χ4n) is 1.39. The second-order valence-electron chi connectivity index (χ2n) is 3.74. The lowest BCUT2D eigenvalue weighted by molar-refractivity contribution is 0.619. The van der Waals surface area contributed by atoms with E-state index in [0.717, 1.165) is 5.69 Å². The Morgan fingerprint density at radius 3 is 2.59 bits per heavy atom. The Morgan fingerprint density at radius 2 is 1.94 bits per heavy atom. The number of anilines is 2. The molecule has 0 spiro atoms. The number of benzene rings is 1. The Labute approximate surface area is 104 Å². The van der Waals surface area contributed by atoms with E-state index in [1.54, 1.807) is 25.1 Å². The van der Waals surface area contributed by atoms with E-state index < -0.39 is 0 Å². The summed E-state index contributed by atoms with van der Waals surface area (Å²) < 4.78 is 13.3. The van der Waals surface area contributed by atoms with Crippen molar-refractivity contribution in [3.05, 3.63) is 46.5 Å². The number of aromatic nitrogens is 2. The van der Waals surface area contributed by atoms with Crippen LogP contribution in [-0.2, 0) is 0 Å². The first-order valence-electron chi connectivity index (χ1n) is 5.09. The standard InChI is InChI=1S/C12H11ClFN3/c1-7-3-4-9(6-10(7)14)16-12-15-8(2)5-11(13)17-12/h3-6H,1-2H3,(H,15,16,17). The highest BCUT2D eigenvalue weighted by Crippen LogP contribution is 2.18. The quantitative estimate of drug-likeness (QED) is 0.829. The van der Waals surface area contributed by atoms with Crippen molar-refractivity contribution in [2.75, 3.05) is 5.32 Å². The average molecular weight is 252 g/mol. The summed E-state index contributed by atoms with van der Waals surface area (Å²) >= 11 is 5.81. The first-order valence-corrected chi connectivity index (χ1v) is 5.47. The minimum Gasteiger partial charge on any atom is -0.324 e. The van der Waals surface area contributed by atoms with E-state index >= 15 is 0 Å². The zero-order chi connectivity index (χ0) is 12.4. The zero-order valence-electron chi connectivity index (χ0n) is 9.46. The third kappa shape index (κ3) is 2.91. The van der Waals surface area contributed by atoms with Gasteiger partial charge in [-0.05, 0) is 37.6 Å². The van der Waals surface area contributed by atoms with E-state index in [-0.39, 0.29) is 5.82 Å². The molecule has 3 nitrogen and oxygen atoms in total. The average Bonchev–Trinajstić information content (AvgIpc) is 2.22. The number of nitrogens with one attached hydrogen (secondary N) is 1. The summed E-state index contributed by atoms with van der Waals surface area (Å²) in [5, 5.41) is 3.26. The van der Waals surface area contributed by atoms with Crippen molar-refractivity contribution < 1.29 is 4.39 Å². The summed E-state index contributed by atoms with van der Waals surface area (Å²) in [5.74, 6) is 0.0898. The molecule has 0 aliphatic carbocycles. The van der Waals surface area contributed by atoms with Crippen LogP contribution in [0.2, 0.25) is 5.15 Å². The van der Waals surface area contributed by atoms with E-state index in [1.807, 2.05) is 6.92 Å². The summed E-state index contributed by atoms with van der Waals surface area (Å²) in [5.41, 5.74) is 1.94. The van der Waals surface area contributed by atoms with Gasteiger partial charge in [-0.15, -0.1) is 0 Å². The SMILES string of the molecule is Cc1cc(Cl)nc(Nc2ccc(C)c(F)c2)n1. The molecule has 0 aliphatic heterocycles. The molecular formula is C12H11ClFN3. The number of hydrogen-bond acceptors (Lipinski definition) is 3. The van der Waals surface area contributed by atoms with Gasteiger partial charge in [-0.2, -0.15) is 0 Å². The van der Waals surface area contributed by atoms with Crippen LogP contribution in [0.15, 0.2) is 24.3 Å². The van der Waals surface area contributed by atoms with Gasteiger partial charge in [0.1, 0.15) is 11.0 Å². The monoisotopic (exact) mass is 251 g/mol. The van der Waals surface area contributed by atoms with Gasteiger partial charge in [-0.3, -0.25) is 0 Å². The third-order valence-corrected chi connectivity index (χ3v) is 2.44. The maximum Gasteiger partial charge on any atom is 0.228 e. The summed E-state index contributed by atoms with van der Waals surface area (Å²) in [6, 6.07) is 6.50. The predicted molar refractivity (Wildman–Crippen MR) is 66.2 cm³/mol. The van der Waals surface area contributed by atoms with Crippen molar-refractivity contribution in [2.45, 2.75) is 13.8 Å². The molecule has 2 rings (SSSR count). The van der Waals surface area contributed by atoms with Crippen molar-refractivity contribution >= 4 is 23.2 Å². The fourth-order valence-corrected chi connectivity index (χ4v) is 1.62. The van der Waals surface area contributed by atoms with Crippen LogP contribution in [0, 0.1) is 19.7 Å². The van der Waals surface area contributed by atoms with Gasteiger partial charge in [-0.1, -0.05) is 17.7 Å². The number of hydrogen-bond donors (Lipinski definition) is 1. The molecule has 0 atom stereocenters. The zero-order valence-corrected chi connectivity index (χ0v) is 10.2. The van der Waals surface area contributed by atoms with Crippen molar-refractivity contribution in [3.8, 4) is 0 Å². The fraction of sp³-hybridized carbons (Fsp3) is 0.167. The van der Waals surface area contributed by atoms with Gasteiger partial charge in [0.15, 0.2) is 0 Å². The first-order chi connectivity index (χ1) is 8.04. The maximum atomic E-state index is 13.3. The van der Waals surface area contributed by atoms with E-state index in [1.165, 1.54) is 6.07 Å². The second kappa shape index (κ2) is 4.67. The van der Waals surface area contributed by atoms with Gasteiger partial charge in [0, 0.05) is 11.4 Å². The van der Waals surface area contributed by atoms with Crippen LogP contribution < -0.4 is 5.32 Å². The Hall–Kier alpha value is -1.68. The first kappa shape index (κ1) is 11.8. The summed E-state index contributed by atoms with van der Waals surface area (Å²) in [6.07, 6.45) is 0. The maximum absolute atomic E-state index is 13.3. The molecule has 0 bridgehead atoms. The van der Waals surface area contributed by atoms with Gasteiger partial charge in [0.25, 0.3) is 0 Å². The van der Waals surface area contributed by atoms with Crippen molar-refractivity contribution in [1.82, 2.24) is 9.97 Å². The molecule has 1 aromatic heterocycles. The van der Waals surface area contributed by atoms with Crippen LogP contribution in [0.4, 0.5) is 16.0 Å². The molecule has 0 radical (unpaired) electrons. The molecule has 1 heterocycles. The van der Waals surface area contributed by atoms with Crippen LogP contribution >= 0.6 is 11.6 Å². The predicted octanol–water partition coefficient (Wildman–Crippen LogP) is 3.63. The molecule has 17 heavy (non-hydrogen) atoms. The van der Waals surface area contributed by atoms with Crippen molar-refractivity contribution in [1.29, 1.82) is 0 Å². The van der Waals surface area contributed by atoms with E-state index in [0.29, 0.717) is 22.4 Å². The third-order valence-electron chi connectivity index (χ3n) is 2.25. The van der Waals surface area contributed by atoms with Gasteiger partial charge in [-0.25, -0.2) is 14.4 Å². The van der Waals surface area contributed by atoms with Crippen LogP contribution in [-0.4, -0.2) is 9.97 Å². The van der Waals surface area contributed by atoms with Crippen LogP contribution in [0.5, 0.6) is 0 Å². The summed E-state index contributed by atoms with van der Waals surface area (Å²) in [4.78, 5) is 8.15. The summed E-state index contributed by atoms with van der Waals surface area (Å²) in [7, 11) is 0. The molecule has 0 aliphatic rings. The number of nitrogens with zero attached hydrogens (tertiary/aromatic N) is 2. The van der Waals surface area contributed by atoms with Crippen LogP contribution in [0.1, 0.15) is 11.3 Å². The van der Waals surface area contributed by atoms with Crippen molar-refractivity contribution in [2.24, 2.45) is 0 Å². The molecular weight excluding hydrogens is 241 g/mol. The van der Waals surface area contributed by atoms with E-state index in [4.69, 9.17) is 11.6 Å². The van der Waals surface area contributed by atoms with Crippen LogP contribution in [0.3, 0.4) is 0 Å². The smallest absolute Gasteiger partial charge is 0.228 e. The molecule has 5 heteroatoms. The Balaban J connectivity index is 2.28. The molecule has 0 unspecified atom stereocenters. The molecule has 0 saturated heterocycles. The molecule has 88 valence electrons. The lowest BCUT2D eigenvalue weighted by Crippen LogP contribution is -1.99. The largest absolute Gasteiger partial charge is 0.324 e. The molecule has 2 aromatic rings. The molecule has 0 saturated carbocycles. The highest BCUT2D eigenvalue weighted by atomic mass is 35.5. The molecule has 0 amide bonds. The van der Waals surface area contributed by atoms with Gasteiger partial charge >= 0.3 is 0 Å². The number of aryl methyl sites for hydroxylation is 2. The normalized spacial score (nSPS) is 10.4. The highest BCUT2D eigenvalue weighted by Gasteiger charge is 2.03. The van der Waals surface area contributed by atoms with E-state index in [9.17, 15) is 4.39 Å².